The monoisotopic (exact) mass is 249 g/mol. The second-order valence-electron chi connectivity index (χ2n) is 6.92. The molecule has 2 N–H and O–H groups in total. The van der Waals surface area contributed by atoms with Gasteiger partial charge in [-0.2, -0.15) is 5.10 Å². The molecule has 1 aromatic heterocycles. The lowest BCUT2D eigenvalue weighted by atomic mass is 9.83. The minimum absolute atomic E-state index is 0.0273. The predicted molar refractivity (Wildman–Crippen MR) is 70.3 cm³/mol. The first kappa shape index (κ1) is 12.2. The second kappa shape index (κ2) is 3.81. The van der Waals surface area contributed by atoms with Crippen molar-refractivity contribution in [2.24, 2.45) is 0 Å². The Morgan fingerprint density at radius 3 is 2.44 bits per heavy atom. The van der Waals surface area contributed by atoms with E-state index in [1.54, 1.807) is 0 Å². The molecule has 2 atom stereocenters. The molecule has 2 aliphatic heterocycles. The van der Waals surface area contributed by atoms with E-state index in [4.69, 9.17) is 0 Å². The van der Waals surface area contributed by atoms with Crippen molar-refractivity contribution in [3.8, 4) is 0 Å². The van der Waals surface area contributed by atoms with E-state index in [2.05, 4.69) is 31.2 Å². The molecule has 100 valence electrons. The fraction of sp³-hybridized carbons (Fsp3) is 0.786. The van der Waals surface area contributed by atoms with E-state index in [0.717, 1.165) is 18.4 Å². The number of nitrogens with zero attached hydrogens (tertiary/aromatic N) is 2. The summed E-state index contributed by atoms with van der Waals surface area (Å²) in [5.74, 6) is 0. The molecular weight excluding hydrogens is 226 g/mol. The normalized spacial score (nSPS) is 36.0. The molecule has 1 aromatic rings. The fourth-order valence-corrected chi connectivity index (χ4v) is 3.29. The molecule has 3 rings (SSSR count). The number of nitrogens with one attached hydrogen (secondary N) is 1. The van der Waals surface area contributed by atoms with Crippen LogP contribution in [0.15, 0.2) is 12.4 Å². The Kier molecular flexibility index (Phi) is 2.58. The third-order valence-electron chi connectivity index (χ3n) is 4.31. The maximum absolute atomic E-state index is 10.9. The van der Waals surface area contributed by atoms with Crippen LogP contribution in [0.1, 0.15) is 52.0 Å². The Labute approximate surface area is 108 Å². The summed E-state index contributed by atoms with van der Waals surface area (Å²) in [4.78, 5) is 0. The van der Waals surface area contributed by atoms with Crippen LogP contribution in [-0.2, 0) is 11.1 Å². The third kappa shape index (κ3) is 1.97. The Bertz CT molecular complexity index is 434. The Balaban J connectivity index is 1.88. The average molecular weight is 249 g/mol. The van der Waals surface area contributed by atoms with Crippen LogP contribution in [0.2, 0.25) is 0 Å². The van der Waals surface area contributed by atoms with E-state index in [-0.39, 0.29) is 5.54 Å². The zero-order chi connectivity index (χ0) is 13.0. The van der Waals surface area contributed by atoms with Gasteiger partial charge in [0.15, 0.2) is 0 Å². The van der Waals surface area contributed by atoms with Crippen molar-refractivity contribution in [2.75, 3.05) is 0 Å². The molecule has 0 saturated carbocycles. The Hall–Kier alpha value is -0.870. The largest absolute Gasteiger partial charge is 0.385 e. The number of aromatic nitrogens is 2. The van der Waals surface area contributed by atoms with Crippen molar-refractivity contribution in [3.05, 3.63) is 18.0 Å². The van der Waals surface area contributed by atoms with Gasteiger partial charge in [0.1, 0.15) is 0 Å². The lowest BCUT2D eigenvalue weighted by Gasteiger charge is -2.36. The summed E-state index contributed by atoms with van der Waals surface area (Å²) in [6, 6.07) is 0.957. The molecule has 3 heterocycles. The fourth-order valence-electron chi connectivity index (χ4n) is 3.29. The van der Waals surface area contributed by atoms with Gasteiger partial charge in [-0.25, -0.2) is 0 Å². The van der Waals surface area contributed by atoms with Gasteiger partial charge >= 0.3 is 0 Å². The molecule has 0 aliphatic carbocycles. The summed E-state index contributed by atoms with van der Waals surface area (Å²) in [5, 5.41) is 18.9. The first-order chi connectivity index (χ1) is 8.37. The van der Waals surface area contributed by atoms with Crippen molar-refractivity contribution in [2.45, 2.75) is 69.7 Å². The van der Waals surface area contributed by atoms with Crippen LogP contribution in [0.4, 0.5) is 0 Å². The quantitative estimate of drug-likeness (QED) is 0.797. The maximum atomic E-state index is 10.9. The highest BCUT2D eigenvalue weighted by Crippen LogP contribution is 2.40. The molecule has 2 saturated heterocycles. The van der Waals surface area contributed by atoms with Crippen LogP contribution in [0, 0.1) is 0 Å². The summed E-state index contributed by atoms with van der Waals surface area (Å²) in [5.41, 5.74) is 0.275. The average Bonchev–Trinajstić information content (AvgIpc) is 2.84. The standard InChI is InChI=1S/C14H23N3O/c1-13(2,3)17-9-10(8-15-17)14(18)6-11-4-5-12(7-14)16-11/h8-9,11-12,16,18H,4-7H2,1-3H3. The van der Waals surface area contributed by atoms with E-state index in [9.17, 15) is 5.11 Å². The minimum atomic E-state index is -0.680. The Morgan fingerprint density at radius 2 is 1.94 bits per heavy atom. The molecule has 4 heteroatoms. The lowest BCUT2D eigenvalue weighted by Crippen LogP contribution is -2.46. The second-order valence-corrected chi connectivity index (χ2v) is 6.92. The lowest BCUT2D eigenvalue weighted by molar-refractivity contribution is -0.0116. The van der Waals surface area contributed by atoms with Gasteiger partial charge in [0.25, 0.3) is 0 Å². The number of aliphatic hydroxyl groups is 1. The van der Waals surface area contributed by atoms with Gasteiger partial charge in [0.2, 0.25) is 0 Å². The van der Waals surface area contributed by atoms with Gasteiger partial charge < -0.3 is 10.4 Å². The summed E-state index contributed by atoms with van der Waals surface area (Å²) in [6.45, 7) is 6.37. The van der Waals surface area contributed by atoms with E-state index >= 15 is 0 Å². The van der Waals surface area contributed by atoms with Gasteiger partial charge in [0.05, 0.1) is 17.3 Å². The van der Waals surface area contributed by atoms with Crippen LogP contribution in [0.25, 0.3) is 0 Å². The molecule has 2 fully saturated rings. The predicted octanol–water partition coefficient (Wildman–Crippen LogP) is 1.74. The smallest absolute Gasteiger partial charge is 0.0956 e. The summed E-state index contributed by atoms with van der Waals surface area (Å²) >= 11 is 0. The van der Waals surface area contributed by atoms with Crippen LogP contribution in [0.5, 0.6) is 0 Å². The molecule has 4 nitrogen and oxygen atoms in total. The van der Waals surface area contributed by atoms with Gasteiger partial charge in [-0.05, 0) is 46.5 Å². The van der Waals surface area contributed by atoms with Crippen LogP contribution in [0.3, 0.4) is 0 Å². The van der Waals surface area contributed by atoms with Gasteiger partial charge in [-0.15, -0.1) is 0 Å². The zero-order valence-corrected chi connectivity index (χ0v) is 11.5. The molecule has 0 aromatic carbocycles. The number of rotatable bonds is 1. The first-order valence-electron chi connectivity index (χ1n) is 6.91. The molecule has 18 heavy (non-hydrogen) atoms. The molecule has 2 bridgehead atoms. The topological polar surface area (TPSA) is 50.1 Å². The van der Waals surface area contributed by atoms with Crippen molar-refractivity contribution in [3.63, 3.8) is 0 Å². The number of hydrogen-bond donors (Lipinski definition) is 2. The summed E-state index contributed by atoms with van der Waals surface area (Å²) in [6.07, 6.45) is 7.89. The zero-order valence-electron chi connectivity index (χ0n) is 11.5. The van der Waals surface area contributed by atoms with Gasteiger partial charge in [-0.1, -0.05) is 0 Å². The van der Waals surface area contributed by atoms with Crippen LogP contribution >= 0.6 is 0 Å². The van der Waals surface area contributed by atoms with E-state index in [1.807, 2.05) is 17.1 Å². The number of fused-ring (bicyclic) bond motifs is 2. The summed E-state index contributed by atoms with van der Waals surface area (Å²) < 4.78 is 1.95. The van der Waals surface area contributed by atoms with Gasteiger partial charge in [0, 0.05) is 23.8 Å². The molecule has 0 radical (unpaired) electrons. The number of piperidine rings is 1. The van der Waals surface area contributed by atoms with Crippen molar-refractivity contribution in [1.82, 2.24) is 15.1 Å². The van der Waals surface area contributed by atoms with E-state index < -0.39 is 5.60 Å². The molecule has 2 aliphatic rings. The first-order valence-corrected chi connectivity index (χ1v) is 6.91. The van der Waals surface area contributed by atoms with E-state index in [0.29, 0.717) is 12.1 Å². The minimum Gasteiger partial charge on any atom is -0.385 e. The van der Waals surface area contributed by atoms with Crippen molar-refractivity contribution in [1.29, 1.82) is 0 Å². The molecule has 2 unspecified atom stereocenters. The van der Waals surface area contributed by atoms with E-state index in [1.165, 1.54) is 12.8 Å². The van der Waals surface area contributed by atoms with Crippen molar-refractivity contribution >= 4 is 0 Å². The molecule has 0 amide bonds. The highest BCUT2D eigenvalue weighted by molar-refractivity contribution is 5.20. The number of hydrogen-bond acceptors (Lipinski definition) is 3. The Morgan fingerprint density at radius 1 is 1.33 bits per heavy atom. The highest BCUT2D eigenvalue weighted by Gasteiger charge is 2.44. The molecular formula is C14H23N3O. The maximum Gasteiger partial charge on any atom is 0.0956 e. The van der Waals surface area contributed by atoms with Gasteiger partial charge in [-0.3, -0.25) is 4.68 Å². The van der Waals surface area contributed by atoms with Crippen molar-refractivity contribution < 1.29 is 5.11 Å². The molecule has 0 spiro atoms. The van der Waals surface area contributed by atoms with Crippen LogP contribution < -0.4 is 5.32 Å². The SMILES string of the molecule is CC(C)(C)n1cc(C2(O)CC3CCC(C2)N3)cn1. The summed E-state index contributed by atoms with van der Waals surface area (Å²) in [7, 11) is 0. The highest BCUT2D eigenvalue weighted by atomic mass is 16.3. The third-order valence-corrected chi connectivity index (χ3v) is 4.31. The van der Waals surface area contributed by atoms with Crippen LogP contribution in [-0.4, -0.2) is 27.0 Å².